The molecule has 1 aliphatic heterocycles. The van der Waals surface area contributed by atoms with Gasteiger partial charge in [-0.05, 0) is 50.5 Å². The fraction of sp³-hybridized carbons (Fsp3) is 0.471. The topological polar surface area (TPSA) is 58.4 Å². The fourth-order valence-electron chi connectivity index (χ4n) is 3.33. The van der Waals surface area contributed by atoms with Crippen LogP contribution in [0.25, 0.3) is 5.57 Å². The van der Waals surface area contributed by atoms with E-state index in [1.54, 1.807) is 6.07 Å². The first-order valence-electron chi connectivity index (χ1n) is 7.48. The molecule has 1 aromatic rings. The van der Waals surface area contributed by atoms with Crippen LogP contribution in [0.4, 0.5) is 10.1 Å². The number of hydrazine groups is 1. The van der Waals surface area contributed by atoms with Crippen molar-refractivity contribution in [1.29, 1.82) is 0 Å². The molecule has 5 heteroatoms. The van der Waals surface area contributed by atoms with Gasteiger partial charge in [0.1, 0.15) is 11.9 Å². The molecule has 1 heterocycles. The van der Waals surface area contributed by atoms with Crippen LogP contribution in [-0.2, 0) is 4.79 Å². The van der Waals surface area contributed by atoms with Crippen molar-refractivity contribution in [2.24, 2.45) is 11.8 Å². The summed E-state index contributed by atoms with van der Waals surface area (Å²) in [4.78, 5) is 14.4. The van der Waals surface area contributed by atoms with Gasteiger partial charge >= 0.3 is 0 Å². The number of rotatable bonds is 3. The number of allylic oxidation sites excluding steroid dienone is 1. The van der Waals surface area contributed by atoms with E-state index in [2.05, 4.69) is 11.5 Å². The third-order valence-corrected chi connectivity index (χ3v) is 4.15. The van der Waals surface area contributed by atoms with Gasteiger partial charge in [-0.25, -0.2) is 10.2 Å². The van der Waals surface area contributed by atoms with E-state index in [1.807, 2.05) is 39.5 Å². The molecule has 1 aliphatic rings. The number of halogens is 1. The van der Waals surface area contributed by atoms with Gasteiger partial charge in [0.2, 0.25) is 0 Å². The van der Waals surface area contributed by atoms with Crippen molar-refractivity contribution in [2.75, 3.05) is 4.90 Å². The molecular weight excluding hydrogens is 281 g/mol. The molecule has 1 aromatic carbocycles. The summed E-state index contributed by atoms with van der Waals surface area (Å²) < 4.78 is 13.6. The lowest BCUT2D eigenvalue weighted by molar-refractivity contribution is -0.123. The molecule has 0 spiro atoms. The van der Waals surface area contributed by atoms with E-state index in [9.17, 15) is 9.18 Å². The zero-order chi connectivity index (χ0) is 16.7. The number of benzene rings is 1. The van der Waals surface area contributed by atoms with E-state index in [4.69, 9.17) is 5.84 Å². The van der Waals surface area contributed by atoms with Gasteiger partial charge in [0.15, 0.2) is 0 Å². The first kappa shape index (κ1) is 16.5. The number of nitrogens with zero attached hydrogens (tertiary/aromatic N) is 1. The molecule has 0 aliphatic carbocycles. The van der Waals surface area contributed by atoms with Crippen molar-refractivity contribution in [1.82, 2.24) is 5.43 Å². The average Bonchev–Trinajstić information content (AvgIpc) is 2.42. The average molecular weight is 305 g/mol. The number of amides is 1. The van der Waals surface area contributed by atoms with Crippen LogP contribution in [-0.4, -0.2) is 17.5 Å². The highest BCUT2D eigenvalue weighted by Gasteiger charge is 2.40. The third-order valence-electron chi connectivity index (χ3n) is 4.15. The summed E-state index contributed by atoms with van der Waals surface area (Å²) in [7, 11) is 0. The first-order valence-corrected chi connectivity index (χ1v) is 7.48. The highest BCUT2D eigenvalue weighted by molar-refractivity contribution is 5.90. The SMILES string of the molecule is CC1=CC(C)(C)N([C@@H](C(=O)NN)C(C)C)c2ccc(F)cc21. The van der Waals surface area contributed by atoms with Crippen LogP contribution in [0.1, 0.15) is 40.2 Å². The molecule has 1 atom stereocenters. The molecule has 0 fully saturated rings. The van der Waals surface area contributed by atoms with Gasteiger partial charge in [-0.15, -0.1) is 0 Å². The Hall–Kier alpha value is -1.88. The Balaban J connectivity index is 2.65. The Bertz CT molecular complexity index is 622. The smallest absolute Gasteiger partial charge is 0.256 e. The number of anilines is 1. The van der Waals surface area contributed by atoms with Crippen molar-refractivity contribution in [3.63, 3.8) is 0 Å². The van der Waals surface area contributed by atoms with Gasteiger partial charge in [-0.1, -0.05) is 19.9 Å². The number of fused-ring (bicyclic) bond motifs is 1. The lowest BCUT2D eigenvalue weighted by Crippen LogP contribution is -2.59. The summed E-state index contributed by atoms with van der Waals surface area (Å²) in [6.07, 6.45) is 2.06. The molecule has 0 unspecified atom stereocenters. The standard InChI is InChI=1S/C17H24FN3O/c1-10(2)15(16(22)20-19)21-14-7-6-12(18)8-13(14)11(3)9-17(21,4)5/h6-10,15H,19H2,1-5H3,(H,20,22)/t15-/m1/s1. The molecule has 4 nitrogen and oxygen atoms in total. The van der Waals surface area contributed by atoms with Crippen molar-refractivity contribution >= 4 is 17.2 Å². The number of hydrogen-bond donors (Lipinski definition) is 2. The van der Waals surface area contributed by atoms with Crippen LogP contribution < -0.4 is 16.2 Å². The van der Waals surface area contributed by atoms with Crippen LogP contribution in [0.2, 0.25) is 0 Å². The Morgan fingerprint density at radius 1 is 1.36 bits per heavy atom. The quantitative estimate of drug-likeness (QED) is 0.513. The number of carbonyl (C=O) groups is 1. The fourth-order valence-corrected chi connectivity index (χ4v) is 3.33. The largest absolute Gasteiger partial charge is 0.350 e. The van der Waals surface area contributed by atoms with Crippen LogP contribution in [0.3, 0.4) is 0 Å². The summed E-state index contributed by atoms with van der Waals surface area (Å²) in [5, 5.41) is 0. The Morgan fingerprint density at radius 2 is 2.00 bits per heavy atom. The summed E-state index contributed by atoms with van der Waals surface area (Å²) in [6.45, 7) is 10.0. The minimum absolute atomic E-state index is 0.0486. The second-order valence-electron chi connectivity index (χ2n) is 6.71. The molecule has 120 valence electrons. The molecule has 3 N–H and O–H groups in total. The Morgan fingerprint density at radius 3 is 2.55 bits per heavy atom. The van der Waals surface area contributed by atoms with Crippen LogP contribution in [0.15, 0.2) is 24.3 Å². The molecule has 22 heavy (non-hydrogen) atoms. The number of carbonyl (C=O) groups excluding carboxylic acids is 1. The molecule has 0 saturated carbocycles. The van der Waals surface area contributed by atoms with E-state index in [0.717, 1.165) is 16.8 Å². The normalized spacial score (nSPS) is 17.8. The van der Waals surface area contributed by atoms with E-state index >= 15 is 0 Å². The van der Waals surface area contributed by atoms with Crippen LogP contribution in [0.5, 0.6) is 0 Å². The van der Waals surface area contributed by atoms with Gasteiger partial charge in [0, 0.05) is 11.3 Å². The molecule has 0 saturated heterocycles. The molecular formula is C17H24FN3O. The summed E-state index contributed by atoms with van der Waals surface area (Å²) >= 11 is 0. The highest BCUT2D eigenvalue weighted by atomic mass is 19.1. The monoisotopic (exact) mass is 305 g/mol. The van der Waals surface area contributed by atoms with Gasteiger partial charge in [0.25, 0.3) is 5.91 Å². The molecule has 0 bridgehead atoms. The highest BCUT2D eigenvalue weighted by Crippen LogP contribution is 2.41. The second-order valence-corrected chi connectivity index (χ2v) is 6.71. The van der Waals surface area contributed by atoms with E-state index < -0.39 is 6.04 Å². The maximum Gasteiger partial charge on any atom is 0.256 e. The molecule has 2 rings (SSSR count). The maximum absolute atomic E-state index is 13.6. The Labute approximate surface area is 131 Å². The minimum atomic E-state index is -0.437. The van der Waals surface area contributed by atoms with E-state index in [1.165, 1.54) is 12.1 Å². The maximum atomic E-state index is 13.6. The third kappa shape index (κ3) is 2.73. The summed E-state index contributed by atoms with van der Waals surface area (Å²) in [6, 6.07) is 4.25. The number of nitrogens with one attached hydrogen (secondary N) is 1. The van der Waals surface area contributed by atoms with Crippen molar-refractivity contribution in [2.45, 2.75) is 46.2 Å². The number of hydrogen-bond acceptors (Lipinski definition) is 3. The van der Waals surface area contributed by atoms with Gasteiger partial charge in [-0.2, -0.15) is 0 Å². The van der Waals surface area contributed by atoms with Crippen LogP contribution >= 0.6 is 0 Å². The van der Waals surface area contributed by atoms with E-state index in [-0.39, 0.29) is 23.2 Å². The molecule has 1 amide bonds. The van der Waals surface area contributed by atoms with Gasteiger partial charge in [-0.3, -0.25) is 10.2 Å². The summed E-state index contributed by atoms with van der Waals surface area (Å²) in [5.41, 5.74) is 4.56. The second kappa shape index (κ2) is 5.72. The molecule has 0 aromatic heterocycles. The van der Waals surface area contributed by atoms with Crippen molar-refractivity contribution in [3.8, 4) is 0 Å². The lowest BCUT2D eigenvalue weighted by atomic mass is 9.85. The minimum Gasteiger partial charge on any atom is -0.350 e. The molecule has 0 radical (unpaired) electrons. The summed E-state index contributed by atoms with van der Waals surface area (Å²) in [5.74, 6) is 4.90. The van der Waals surface area contributed by atoms with Crippen molar-refractivity contribution < 1.29 is 9.18 Å². The first-order chi connectivity index (χ1) is 10.2. The zero-order valence-corrected chi connectivity index (χ0v) is 13.8. The van der Waals surface area contributed by atoms with Gasteiger partial charge in [0.05, 0.1) is 5.54 Å². The Kier molecular flexibility index (Phi) is 4.29. The number of nitrogens with two attached hydrogens (primary N) is 1. The van der Waals surface area contributed by atoms with Gasteiger partial charge < -0.3 is 4.90 Å². The predicted octanol–water partition coefficient (Wildman–Crippen LogP) is 2.84. The van der Waals surface area contributed by atoms with Crippen molar-refractivity contribution in [3.05, 3.63) is 35.7 Å². The zero-order valence-electron chi connectivity index (χ0n) is 13.8. The van der Waals surface area contributed by atoms with E-state index in [0.29, 0.717) is 0 Å². The predicted molar refractivity (Wildman–Crippen MR) is 87.6 cm³/mol. The lowest BCUT2D eigenvalue weighted by Gasteiger charge is -2.48. The van der Waals surface area contributed by atoms with Crippen LogP contribution in [0, 0.1) is 11.7 Å².